The lowest BCUT2D eigenvalue weighted by Crippen LogP contribution is -2.67. The topological polar surface area (TPSA) is 33.7 Å². The van der Waals surface area contributed by atoms with Gasteiger partial charge in [0.1, 0.15) is 0 Å². The average Bonchev–Trinajstić information content (AvgIpc) is 2.88. The fourth-order valence-electron chi connectivity index (χ4n) is 3.54. The molecule has 2 aliphatic rings. The smallest absolute Gasteiger partial charge is 0.359 e. The summed E-state index contributed by atoms with van der Waals surface area (Å²) < 4.78 is 12.0. The maximum absolute atomic E-state index is 6.02. The summed E-state index contributed by atoms with van der Waals surface area (Å²) in [6, 6.07) is 0. The number of hydrogen-bond donors (Lipinski definition) is 1. The van der Waals surface area contributed by atoms with Gasteiger partial charge >= 0.3 is 8.56 Å². The molecule has 2 fully saturated rings. The van der Waals surface area contributed by atoms with Crippen molar-refractivity contribution in [3.8, 4) is 0 Å². The SMILES string of the molecule is CO[Si](OC)(C1CCCC1)C1CNCCN1C. The fourth-order valence-corrected chi connectivity index (χ4v) is 7.85. The molecule has 17 heavy (non-hydrogen) atoms. The Hall–Kier alpha value is 0.0569. The van der Waals surface area contributed by atoms with Gasteiger partial charge in [0, 0.05) is 39.4 Å². The van der Waals surface area contributed by atoms with Crippen LogP contribution in [0.2, 0.25) is 5.54 Å². The van der Waals surface area contributed by atoms with Crippen molar-refractivity contribution in [2.24, 2.45) is 0 Å². The Bertz CT molecular complexity index is 243. The molecule has 0 amide bonds. The predicted octanol–water partition coefficient (Wildman–Crippen LogP) is 1.11. The van der Waals surface area contributed by atoms with E-state index in [0.717, 1.165) is 19.6 Å². The molecule has 0 bridgehead atoms. The quantitative estimate of drug-likeness (QED) is 0.766. The van der Waals surface area contributed by atoms with Crippen molar-refractivity contribution in [1.29, 1.82) is 0 Å². The molecule has 2 rings (SSSR count). The molecule has 0 aromatic rings. The van der Waals surface area contributed by atoms with Gasteiger partial charge in [-0.3, -0.25) is 4.90 Å². The third-order valence-electron chi connectivity index (χ3n) is 4.54. The van der Waals surface area contributed by atoms with Crippen molar-refractivity contribution in [1.82, 2.24) is 10.2 Å². The second kappa shape index (κ2) is 5.80. The van der Waals surface area contributed by atoms with E-state index in [1.54, 1.807) is 0 Å². The van der Waals surface area contributed by atoms with Crippen molar-refractivity contribution < 1.29 is 8.85 Å². The lowest BCUT2D eigenvalue weighted by atomic mass is 10.4. The van der Waals surface area contributed by atoms with Gasteiger partial charge in [0.2, 0.25) is 0 Å². The molecule has 0 aromatic heterocycles. The van der Waals surface area contributed by atoms with E-state index in [-0.39, 0.29) is 0 Å². The van der Waals surface area contributed by atoms with E-state index in [9.17, 15) is 0 Å². The number of piperazine rings is 1. The van der Waals surface area contributed by atoms with Crippen molar-refractivity contribution >= 4 is 8.56 Å². The molecule has 1 atom stereocenters. The van der Waals surface area contributed by atoms with E-state index in [4.69, 9.17) is 8.85 Å². The van der Waals surface area contributed by atoms with Gasteiger partial charge in [-0.2, -0.15) is 0 Å². The van der Waals surface area contributed by atoms with Gasteiger partial charge < -0.3 is 14.2 Å². The van der Waals surface area contributed by atoms with Crippen molar-refractivity contribution in [3.63, 3.8) is 0 Å². The Balaban J connectivity index is 2.18. The molecule has 1 saturated carbocycles. The molecule has 100 valence electrons. The van der Waals surface area contributed by atoms with E-state index in [0.29, 0.717) is 11.2 Å². The average molecular weight is 258 g/mol. The van der Waals surface area contributed by atoms with E-state index in [1.165, 1.54) is 25.7 Å². The van der Waals surface area contributed by atoms with E-state index >= 15 is 0 Å². The molecule has 0 radical (unpaired) electrons. The summed E-state index contributed by atoms with van der Waals surface area (Å²) in [5.74, 6) is 0. The molecule has 1 saturated heterocycles. The van der Waals surface area contributed by atoms with Gasteiger partial charge in [0.25, 0.3) is 0 Å². The summed E-state index contributed by atoms with van der Waals surface area (Å²) >= 11 is 0. The van der Waals surface area contributed by atoms with Crippen LogP contribution in [-0.2, 0) is 8.85 Å². The number of nitrogens with one attached hydrogen (secondary N) is 1. The van der Waals surface area contributed by atoms with Gasteiger partial charge in [0.15, 0.2) is 0 Å². The third-order valence-corrected chi connectivity index (χ3v) is 9.10. The molecular formula is C12H26N2O2Si. The van der Waals surface area contributed by atoms with Crippen LogP contribution >= 0.6 is 0 Å². The first kappa shape index (κ1) is 13.5. The standard InChI is InChI=1S/C12H26N2O2Si/c1-14-9-8-13-10-12(14)17(15-2,16-3)11-6-4-5-7-11/h11-13H,4-10H2,1-3H3. The summed E-state index contributed by atoms with van der Waals surface area (Å²) in [6.45, 7) is 3.19. The zero-order chi connectivity index (χ0) is 12.3. The maximum atomic E-state index is 6.02. The monoisotopic (exact) mass is 258 g/mol. The fraction of sp³-hybridized carbons (Fsp3) is 1.00. The van der Waals surface area contributed by atoms with Crippen LogP contribution < -0.4 is 5.32 Å². The minimum atomic E-state index is -2.11. The van der Waals surface area contributed by atoms with Crippen LogP contribution in [0.5, 0.6) is 0 Å². The van der Waals surface area contributed by atoms with Crippen LogP contribution in [0.1, 0.15) is 25.7 Å². The molecule has 1 heterocycles. The van der Waals surface area contributed by atoms with Crippen LogP contribution in [0.25, 0.3) is 0 Å². The molecule has 5 heteroatoms. The molecule has 0 aromatic carbocycles. The molecule has 1 unspecified atom stereocenters. The van der Waals surface area contributed by atoms with Crippen LogP contribution in [-0.4, -0.2) is 60.0 Å². The Kier molecular flexibility index (Phi) is 4.60. The van der Waals surface area contributed by atoms with Crippen LogP contribution in [0.3, 0.4) is 0 Å². The molecular weight excluding hydrogens is 232 g/mol. The second-order valence-corrected chi connectivity index (χ2v) is 9.05. The first-order chi connectivity index (χ1) is 8.24. The first-order valence-electron chi connectivity index (χ1n) is 6.76. The van der Waals surface area contributed by atoms with Gasteiger partial charge in [-0.05, 0) is 19.9 Å². The molecule has 0 spiro atoms. The largest absolute Gasteiger partial charge is 0.397 e. The Labute approximate surface area is 106 Å². The Morgan fingerprint density at radius 2 is 1.82 bits per heavy atom. The Morgan fingerprint density at radius 1 is 1.18 bits per heavy atom. The summed E-state index contributed by atoms with van der Waals surface area (Å²) in [7, 11) is 3.81. The zero-order valence-corrected chi connectivity index (χ0v) is 12.4. The minimum Gasteiger partial charge on any atom is -0.397 e. The highest BCUT2D eigenvalue weighted by molar-refractivity contribution is 6.70. The van der Waals surface area contributed by atoms with Crippen LogP contribution in [0.15, 0.2) is 0 Å². The number of hydrogen-bond acceptors (Lipinski definition) is 4. The highest BCUT2D eigenvalue weighted by Gasteiger charge is 2.53. The normalized spacial score (nSPS) is 28.8. The number of nitrogens with zero attached hydrogens (tertiary/aromatic N) is 1. The summed E-state index contributed by atoms with van der Waals surface area (Å²) in [6.07, 6.45) is 5.27. The summed E-state index contributed by atoms with van der Waals surface area (Å²) in [5.41, 5.74) is 1.12. The van der Waals surface area contributed by atoms with Gasteiger partial charge in [-0.25, -0.2) is 0 Å². The lowest BCUT2D eigenvalue weighted by molar-refractivity contribution is 0.149. The van der Waals surface area contributed by atoms with Crippen LogP contribution in [0, 0.1) is 0 Å². The van der Waals surface area contributed by atoms with Gasteiger partial charge in [-0.15, -0.1) is 0 Å². The highest BCUT2D eigenvalue weighted by atomic mass is 28.4. The molecule has 1 aliphatic heterocycles. The van der Waals surface area contributed by atoms with Crippen LogP contribution in [0.4, 0.5) is 0 Å². The summed E-state index contributed by atoms with van der Waals surface area (Å²) in [5, 5.41) is 3.50. The van der Waals surface area contributed by atoms with Crippen molar-refractivity contribution in [2.75, 3.05) is 40.9 Å². The van der Waals surface area contributed by atoms with Crippen molar-refractivity contribution in [2.45, 2.75) is 36.9 Å². The van der Waals surface area contributed by atoms with E-state index in [2.05, 4.69) is 17.3 Å². The van der Waals surface area contributed by atoms with E-state index in [1.807, 2.05) is 14.2 Å². The minimum absolute atomic E-state index is 0.453. The Morgan fingerprint density at radius 3 is 2.35 bits per heavy atom. The maximum Gasteiger partial charge on any atom is 0.359 e. The summed E-state index contributed by atoms with van der Waals surface area (Å²) in [4.78, 5) is 2.44. The first-order valence-corrected chi connectivity index (χ1v) is 8.73. The molecule has 4 nitrogen and oxygen atoms in total. The number of likely N-dealkylation sites (N-methyl/N-ethyl adjacent to an activating group) is 1. The number of rotatable bonds is 4. The van der Waals surface area contributed by atoms with E-state index < -0.39 is 8.56 Å². The zero-order valence-electron chi connectivity index (χ0n) is 11.4. The predicted molar refractivity (Wildman–Crippen MR) is 71.3 cm³/mol. The molecule has 1 N–H and O–H groups in total. The van der Waals surface area contributed by atoms with Crippen molar-refractivity contribution in [3.05, 3.63) is 0 Å². The van der Waals surface area contributed by atoms with Gasteiger partial charge in [0.05, 0.1) is 5.67 Å². The molecule has 1 aliphatic carbocycles. The third kappa shape index (κ3) is 2.44. The second-order valence-electron chi connectivity index (χ2n) is 5.31. The highest BCUT2D eigenvalue weighted by Crippen LogP contribution is 2.41. The van der Waals surface area contributed by atoms with Gasteiger partial charge in [-0.1, -0.05) is 12.8 Å². The lowest BCUT2D eigenvalue weighted by Gasteiger charge is -2.45.